The number of hydrogen-bond acceptors (Lipinski definition) is 10. The molecule has 12 nitrogen and oxygen atoms in total. The van der Waals surface area contributed by atoms with Crippen LogP contribution in [0.5, 0.6) is 5.75 Å². The fourth-order valence-corrected chi connectivity index (χ4v) is 4.81. The number of amides is 2. The third-order valence-electron chi connectivity index (χ3n) is 7.22. The summed E-state index contributed by atoms with van der Waals surface area (Å²) in [5.74, 6) is -0.629. The van der Waals surface area contributed by atoms with Crippen LogP contribution in [0.1, 0.15) is 40.7 Å². The highest BCUT2D eigenvalue weighted by molar-refractivity contribution is 5.97. The average Bonchev–Trinajstić information content (AvgIpc) is 3.40. The highest BCUT2D eigenvalue weighted by Gasteiger charge is 2.45. The van der Waals surface area contributed by atoms with E-state index in [1.165, 1.54) is 0 Å². The Kier molecular flexibility index (Phi) is 10.3. The molecular weight excluding hydrogens is 534 g/mol. The summed E-state index contributed by atoms with van der Waals surface area (Å²) in [6, 6.07) is 11.4. The zero-order valence-electron chi connectivity index (χ0n) is 22.5. The molecule has 222 valence electrons. The first-order chi connectivity index (χ1) is 19.7. The molecule has 12 heteroatoms. The molecule has 0 spiro atoms. The molecule has 0 bridgehead atoms. The minimum absolute atomic E-state index is 0.345. The zero-order chi connectivity index (χ0) is 29.5. The van der Waals surface area contributed by atoms with Gasteiger partial charge >= 0.3 is 0 Å². The van der Waals surface area contributed by atoms with Crippen molar-refractivity contribution >= 4 is 22.8 Å². The van der Waals surface area contributed by atoms with E-state index in [0.717, 1.165) is 17.5 Å². The van der Waals surface area contributed by atoms with Gasteiger partial charge in [0.1, 0.15) is 41.8 Å². The van der Waals surface area contributed by atoms with Gasteiger partial charge in [-0.15, -0.1) is 0 Å². The van der Waals surface area contributed by atoms with E-state index in [1.807, 2.05) is 12.1 Å². The van der Waals surface area contributed by atoms with Crippen LogP contribution in [0.3, 0.4) is 0 Å². The average molecular weight is 572 g/mol. The fraction of sp³-hybridized carbons (Fsp3) is 0.448. The first kappa shape index (κ1) is 30.4. The lowest BCUT2D eigenvalue weighted by Gasteiger charge is -2.39. The number of nitrogens with two attached hydrogens (primary N) is 2. The van der Waals surface area contributed by atoms with E-state index in [0.29, 0.717) is 54.5 Å². The second kappa shape index (κ2) is 13.9. The van der Waals surface area contributed by atoms with Crippen molar-refractivity contribution < 1.29 is 43.9 Å². The lowest BCUT2D eigenvalue weighted by molar-refractivity contribution is -0.277. The van der Waals surface area contributed by atoms with Crippen LogP contribution >= 0.6 is 0 Å². The number of hydrogen-bond donors (Lipinski definition) is 7. The zero-order valence-corrected chi connectivity index (χ0v) is 22.5. The van der Waals surface area contributed by atoms with Crippen molar-refractivity contribution in [3.8, 4) is 5.75 Å². The van der Waals surface area contributed by atoms with Crippen molar-refractivity contribution in [2.75, 3.05) is 13.2 Å². The second-order valence-corrected chi connectivity index (χ2v) is 10.1. The fourth-order valence-electron chi connectivity index (χ4n) is 4.81. The third-order valence-corrected chi connectivity index (χ3v) is 7.22. The molecule has 3 aromatic rings. The van der Waals surface area contributed by atoms with Gasteiger partial charge in [-0.3, -0.25) is 9.59 Å². The number of benzene rings is 2. The Morgan fingerprint density at radius 2 is 1.76 bits per heavy atom. The molecule has 6 atom stereocenters. The largest absolute Gasteiger partial charge is 0.464 e. The van der Waals surface area contributed by atoms with Crippen LogP contribution in [0.15, 0.2) is 53.1 Å². The molecule has 0 radical (unpaired) electrons. The Labute approximate surface area is 236 Å². The molecule has 1 saturated heterocycles. The third kappa shape index (κ3) is 7.22. The second-order valence-electron chi connectivity index (χ2n) is 10.1. The molecule has 1 aliphatic heterocycles. The summed E-state index contributed by atoms with van der Waals surface area (Å²) in [6.45, 7) is -0.0605. The summed E-state index contributed by atoms with van der Waals surface area (Å²) in [5, 5.41) is 43.4. The lowest BCUT2D eigenvalue weighted by atomic mass is 9.99. The van der Waals surface area contributed by atoms with Gasteiger partial charge in [-0.25, -0.2) is 0 Å². The Hall–Kier alpha value is -3.52. The number of aliphatic hydroxyl groups is 4. The number of fused-ring (bicyclic) bond motifs is 1. The topological polar surface area (TPSA) is 211 Å². The Bertz CT molecular complexity index is 1310. The number of carbonyl (C=O) groups is 2. The molecule has 4 rings (SSSR count). The van der Waals surface area contributed by atoms with Gasteiger partial charge < -0.3 is 51.1 Å². The predicted molar refractivity (Wildman–Crippen MR) is 148 cm³/mol. The Balaban J connectivity index is 1.42. The summed E-state index contributed by atoms with van der Waals surface area (Å²) in [5.41, 5.74) is 13.7. The molecule has 0 unspecified atom stereocenters. The van der Waals surface area contributed by atoms with Crippen LogP contribution in [-0.2, 0) is 22.4 Å². The molecule has 2 heterocycles. The molecule has 2 aromatic carbocycles. The Morgan fingerprint density at radius 3 is 2.44 bits per heavy atom. The number of aryl methyl sites for hydroxylation is 2. The first-order valence-electron chi connectivity index (χ1n) is 13.6. The summed E-state index contributed by atoms with van der Waals surface area (Å²) in [4.78, 5) is 24.4. The lowest BCUT2D eigenvalue weighted by Crippen LogP contribution is -2.60. The molecule has 1 aliphatic rings. The minimum Gasteiger partial charge on any atom is -0.464 e. The van der Waals surface area contributed by atoms with E-state index in [2.05, 4.69) is 5.32 Å². The van der Waals surface area contributed by atoms with Crippen molar-refractivity contribution in [1.82, 2.24) is 5.32 Å². The maximum Gasteiger partial charge on any atom is 0.251 e. The van der Waals surface area contributed by atoms with Crippen LogP contribution in [0, 0.1) is 0 Å². The molecule has 2 amide bonds. The number of unbranched alkanes of at least 4 members (excludes halogenated alkanes) is 1. The van der Waals surface area contributed by atoms with Gasteiger partial charge in [-0.05, 0) is 68.5 Å². The molecule has 1 aromatic heterocycles. The summed E-state index contributed by atoms with van der Waals surface area (Å²) in [7, 11) is 0. The summed E-state index contributed by atoms with van der Waals surface area (Å²) < 4.78 is 17.1. The summed E-state index contributed by atoms with van der Waals surface area (Å²) in [6.07, 6.45) is -2.39. The van der Waals surface area contributed by atoms with Gasteiger partial charge in [-0.1, -0.05) is 18.2 Å². The quantitative estimate of drug-likeness (QED) is 0.138. The van der Waals surface area contributed by atoms with Crippen molar-refractivity contribution in [2.24, 2.45) is 11.5 Å². The number of primary amides is 1. The van der Waals surface area contributed by atoms with Crippen LogP contribution in [0.2, 0.25) is 0 Å². The smallest absolute Gasteiger partial charge is 0.251 e. The van der Waals surface area contributed by atoms with Gasteiger partial charge in [0.2, 0.25) is 12.2 Å². The van der Waals surface area contributed by atoms with E-state index in [1.54, 1.807) is 36.6 Å². The van der Waals surface area contributed by atoms with Crippen LogP contribution < -0.4 is 21.5 Å². The standard InChI is InChI=1S/C29H37N3O9/c30-13-2-1-4-19(27(31)37)32-28(38)17-10-7-16(8-11-17)9-12-18-15-39-20-5-3-6-21(23(18)20)40-29-26(36)25(35)24(34)22(14-33)41-29/h3,5-8,10-11,15,19,22,24-26,29,33-36H,1-2,4,9,12-14,30H2,(H2,31,37)(H,32,38)/t19-,22+,24+,25-,26+,29+/m0/s1. The van der Waals surface area contributed by atoms with Crippen LogP contribution in [0.4, 0.5) is 0 Å². The highest BCUT2D eigenvalue weighted by Crippen LogP contribution is 2.34. The van der Waals surface area contributed by atoms with Gasteiger partial charge in [0.25, 0.3) is 5.91 Å². The predicted octanol–water partition coefficient (Wildman–Crippen LogP) is 0.109. The van der Waals surface area contributed by atoms with Crippen molar-refractivity contribution in [3.63, 3.8) is 0 Å². The number of rotatable bonds is 13. The van der Waals surface area contributed by atoms with Gasteiger partial charge in [0.05, 0.1) is 18.3 Å². The van der Waals surface area contributed by atoms with E-state index in [-0.39, 0.29) is 5.91 Å². The van der Waals surface area contributed by atoms with E-state index in [9.17, 15) is 30.0 Å². The van der Waals surface area contributed by atoms with Gasteiger partial charge in [0.15, 0.2) is 0 Å². The molecule has 0 saturated carbocycles. The van der Waals surface area contributed by atoms with Crippen molar-refractivity contribution in [3.05, 3.63) is 65.4 Å². The number of carbonyl (C=O) groups excluding carboxylic acids is 2. The molecular formula is C29H37N3O9. The first-order valence-corrected chi connectivity index (χ1v) is 13.6. The normalized spacial score (nSPS) is 23.3. The molecule has 0 aliphatic carbocycles. The van der Waals surface area contributed by atoms with Crippen molar-refractivity contribution in [1.29, 1.82) is 0 Å². The maximum absolute atomic E-state index is 12.7. The maximum atomic E-state index is 12.7. The SMILES string of the molecule is NCCCC[C@H](NC(=O)c1ccc(CCc2coc3cccc(O[C@@H]4O[C@H](CO)[C@@H](O)[C@H](O)[C@H]4O)c23)cc1)C(N)=O. The van der Waals surface area contributed by atoms with Crippen molar-refractivity contribution in [2.45, 2.75) is 68.9 Å². The minimum atomic E-state index is -1.56. The van der Waals surface area contributed by atoms with E-state index < -0.39 is 49.3 Å². The van der Waals surface area contributed by atoms with Crippen LogP contribution in [-0.4, -0.2) is 82.1 Å². The van der Waals surface area contributed by atoms with Crippen LogP contribution in [0.25, 0.3) is 11.0 Å². The van der Waals surface area contributed by atoms with Gasteiger partial charge in [-0.2, -0.15) is 0 Å². The number of nitrogens with one attached hydrogen (secondary N) is 1. The number of ether oxygens (including phenoxy) is 2. The highest BCUT2D eigenvalue weighted by atomic mass is 16.7. The molecule has 1 fully saturated rings. The Morgan fingerprint density at radius 1 is 1.00 bits per heavy atom. The monoisotopic (exact) mass is 571 g/mol. The number of furan rings is 1. The number of aliphatic hydroxyl groups excluding tert-OH is 4. The van der Waals surface area contributed by atoms with Gasteiger partial charge in [0, 0.05) is 11.1 Å². The summed E-state index contributed by atoms with van der Waals surface area (Å²) >= 11 is 0. The molecule has 41 heavy (non-hydrogen) atoms. The molecule has 9 N–H and O–H groups in total. The van der Waals surface area contributed by atoms with E-state index >= 15 is 0 Å². The van der Waals surface area contributed by atoms with E-state index in [4.69, 9.17) is 25.4 Å².